The molecule has 0 saturated carbocycles. The Kier molecular flexibility index (Phi) is 4.98. The van der Waals surface area contributed by atoms with Gasteiger partial charge in [-0.05, 0) is 12.1 Å². The van der Waals surface area contributed by atoms with Gasteiger partial charge in [0.25, 0.3) is 5.69 Å². The molecule has 6 heteroatoms. The molecule has 0 aliphatic heterocycles. The van der Waals surface area contributed by atoms with Gasteiger partial charge in [0.2, 0.25) is 0 Å². The molecule has 0 aliphatic rings. The molecule has 1 N–H and O–H groups in total. The Bertz CT molecular complexity index is 602. The van der Waals surface area contributed by atoms with Gasteiger partial charge in [-0.2, -0.15) is 0 Å². The summed E-state index contributed by atoms with van der Waals surface area (Å²) in [7, 11) is 1.47. The maximum absolute atomic E-state index is 10.8. The molecule has 0 heterocycles. The number of non-ortho nitro benzene ring substituents is 1. The zero-order valence-corrected chi connectivity index (χ0v) is 11.6. The van der Waals surface area contributed by atoms with Gasteiger partial charge >= 0.3 is 0 Å². The lowest BCUT2D eigenvalue weighted by atomic mass is 10.2. The van der Waals surface area contributed by atoms with Crippen LogP contribution in [0.1, 0.15) is 0 Å². The highest BCUT2D eigenvalue weighted by Gasteiger charge is 2.09. The molecular formula is C15H16N2O4. The first-order valence-corrected chi connectivity index (χ1v) is 6.44. The third-order valence-corrected chi connectivity index (χ3v) is 2.78. The molecular weight excluding hydrogens is 272 g/mol. The normalized spacial score (nSPS) is 9.95. The van der Waals surface area contributed by atoms with Crippen molar-refractivity contribution in [2.45, 2.75) is 0 Å². The topological polar surface area (TPSA) is 73.6 Å². The van der Waals surface area contributed by atoms with Crippen LogP contribution >= 0.6 is 0 Å². The quantitative estimate of drug-likeness (QED) is 0.481. The Labute approximate surface area is 122 Å². The molecule has 0 bridgehead atoms. The molecule has 0 aromatic heterocycles. The van der Waals surface area contributed by atoms with Gasteiger partial charge in [0, 0.05) is 24.4 Å². The highest BCUT2D eigenvalue weighted by atomic mass is 16.6. The number of hydrogen-bond donors (Lipinski definition) is 1. The number of ether oxygens (including phenoxy) is 2. The molecule has 0 unspecified atom stereocenters. The van der Waals surface area contributed by atoms with Crippen molar-refractivity contribution >= 4 is 11.4 Å². The van der Waals surface area contributed by atoms with E-state index in [9.17, 15) is 10.1 Å². The number of nitro groups is 1. The number of benzene rings is 2. The van der Waals surface area contributed by atoms with Crippen molar-refractivity contribution in [3.63, 3.8) is 0 Å². The molecule has 0 radical (unpaired) electrons. The summed E-state index contributed by atoms with van der Waals surface area (Å²) >= 11 is 0. The predicted octanol–water partition coefficient (Wildman–Crippen LogP) is 3.09. The number of nitrogens with zero attached hydrogens (tertiary/aromatic N) is 1. The Balaban J connectivity index is 1.90. The van der Waals surface area contributed by atoms with Gasteiger partial charge in [-0.3, -0.25) is 10.1 Å². The van der Waals surface area contributed by atoms with E-state index in [0.29, 0.717) is 24.6 Å². The second kappa shape index (κ2) is 7.14. The molecule has 6 nitrogen and oxygen atoms in total. The second-order valence-electron chi connectivity index (χ2n) is 4.27. The highest BCUT2D eigenvalue weighted by Crippen LogP contribution is 2.25. The molecule has 2 aromatic rings. The number of nitro benzene ring substituents is 1. The van der Waals surface area contributed by atoms with Crippen LogP contribution in [-0.4, -0.2) is 25.2 Å². The van der Waals surface area contributed by atoms with Gasteiger partial charge in [0.1, 0.15) is 18.1 Å². The Hall–Kier alpha value is -2.76. The van der Waals surface area contributed by atoms with Gasteiger partial charge in [0.15, 0.2) is 0 Å². The van der Waals surface area contributed by atoms with Crippen molar-refractivity contribution in [3.05, 3.63) is 58.6 Å². The maximum Gasteiger partial charge on any atom is 0.275 e. The van der Waals surface area contributed by atoms with E-state index in [1.54, 1.807) is 6.07 Å². The van der Waals surface area contributed by atoms with Crippen molar-refractivity contribution in [1.29, 1.82) is 0 Å². The Morgan fingerprint density at radius 1 is 1.14 bits per heavy atom. The van der Waals surface area contributed by atoms with Crippen LogP contribution in [0.4, 0.5) is 11.4 Å². The van der Waals surface area contributed by atoms with E-state index < -0.39 is 4.92 Å². The Morgan fingerprint density at radius 2 is 1.90 bits per heavy atom. The predicted molar refractivity (Wildman–Crippen MR) is 80.1 cm³/mol. The van der Waals surface area contributed by atoms with Crippen LogP contribution in [0.2, 0.25) is 0 Å². The SMILES string of the molecule is COc1cc(NCCOc2ccccc2)cc([N+](=O)[O-])c1. The molecule has 0 amide bonds. The minimum absolute atomic E-state index is 0.0131. The fraction of sp³-hybridized carbons (Fsp3) is 0.200. The fourth-order valence-corrected chi connectivity index (χ4v) is 1.79. The summed E-state index contributed by atoms with van der Waals surface area (Å²) < 4.78 is 10.6. The molecule has 0 spiro atoms. The van der Waals surface area contributed by atoms with E-state index in [-0.39, 0.29) is 5.69 Å². The first-order chi connectivity index (χ1) is 10.2. The van der Waals surface area contributed by atoms with Gasteiger partial charge in [-0.15, -0.1) is 0 Å². The monoisotopic (exact) mass is 288 g/mol. The van der Waals surface area contributed by atoms with Gasteiger partial charge in [0.05, 0.1) is 18.1 Å². The highest BCUT2D eigenvalue weighted by molar-refractivity contribution is 5.56. The Morgan fingerprint density at radius 3 is 2.57 bits per heavy atom. The average molecular weight is 288 g/mol. The summed E-state index contributed by atoms with van der Waals surface area (Å²) in [4.78, 5) is 10.4. The lowest BCUT2D eigenvalue weighted by Crippen LogP contribution is -2.11. The lowest BCUT2D eigenvalue weighted by molar-refractivity contribution is -0.384. The molecule has 0 aliphatic carbocycles. The number of methoxy groups -OCH3 is 1. The summed E-state index contributed by atoms with van der Waals surface area (Å²) in [5, 5.41) is 13.9. The molecule has 0 saturated heterocycles. The van der Waals surface area contributed by atoms with Gasteiger partial charge < -0.3 is 14.8 Å². The van der Waals surface area contributed by atoms with Crippen LogP contribution < -0.4 is 14.8 Å². The first-order valence-electron chi connectivity index (χ1n) is 6.44. The third-order valence-electron chi connectivity index (χ3n) is 2.78. The lowest BCUT2D eigenvalue weighted by Gasteiger charge is -2.09. The zero-order chi connectivity index (χ0) is 15.1. The summed E-state index contributed by atoms with van der Waals surface area (Å²) in [6.07, 6.45) is 0. The molecule has 2 aromatic carbocycles. The van der Waals surface area contributed by atoms with E-state index in [4.69, 9.17) is 9.47 Å². The van der Waals surface area contributed by atoms with Crippen molar-refractivity contribution in [1.82, 2.24) is 0 Å². The molecule has 110 valence electrons. The number of nitrogens with one attached hydrogen (secondary N) is 1. The van der Waals surface area contributed by atoms with E-state index in [1.165, 1.54) is 19.2 Å². The van der Waals surface area contributed by atoms with Crippen LogP contribution in [-0.2, 0) is 0 Å². The molecule has 0 atom stereocenters. The van der Waals surface area contributed by atoms with E-state index in [1.807, 2.05) is 30.3 Å². The minimum Gasteiger partial charge on any atom is -0.496 e. The van der Waals surface area contributed by atoms with Crippen molar-refractivity contribution in [2.75, 3.05) is 25.6 Å². The van der Waals surface area contributed by atoms with Crippen molar-refractivity contribution in [2.24, 2.45) is 0 Å². The van der Waals surface area contributed by atoms with Crippen molar-refractivity contribution in [3.8, 4) is 11.5 Å². The zero-order valence-electron chi connectivity index (χ0n) is 11.6. The van der Waals surface area contributed by atoms with Crippen LogP contribution in [0.5, 0.6) is 11.5 Å². The maximum atomic E-state index is 10.8. The summed E-state index contributed by atoms with van der Waals surface area (Å²) in [6.45, 7) is 0.980. The van der Waals surface area contributed by atoms with Gasteiger partial charge in [-0.25, -0.2) is 0 Å². The number of rotatable bonds is 7. The number of hydrogen-bond acceptors (Lipinski definition) is 5. The van der Waals surface area contributed by atoms with E-state index in [0.717, 1.165) is 5.75 Å². The van der Waals surface area contributed by atoms with E-state index >= 15 is 0 Å². The average Bonchev–Trinajstić information content (AvgIpc) is 2.52. The fourth-order valence-electron chi connectivity index (χ4n) is 1.79. The van der Waals surface area contributed by atoms with E-state index in [2.05, 4.69) is 5.32 Å². The first kappa shape index (κ1) is 14.6. The number of anilines is 1. The smallest absolute Gasteiger partial charge is 0.275 e. The largest absolute Gasteiger partial charge is 0.496 e. The van der Waals surface area contributed by atoms with Crippen LogP contribution in [0.3, 0.4) is 0 Å². The molecule has 2 rings (SSSR count). The van der Waals surface area contributed by atoms with Crippen LogP contribution in [0, 0.1) is 10.1 Å². The molecule has 0 fully saturated rings. The summed E-state index contributed by atoms with van der Waals surface area (Å²) in [6, 6.07) is 14.0. The van der Waals surface area contributed by atoms with Crippen LogP contribution in [0.25, 0.3) is 0 Å². The third kappa shape index (κ3) is 4.38. The molecule has 21 heavy (non-hydrogen) atoms. The second-order valence-corrected chi connectivity index (χ2v) is 4.27. The standard InChI is InChI=1S/C15H16N2O4/c1-20-15-10-12(9-13(11-15)17(18)19)16-7-8-21-14-5-3-2-4-6-14/h2-6,9-11,16H,7-8H2,1H3. The van der Waals surface area contributed by atoms with Gasteiger partial charge in [-0.1, -0.05) is 18.2 Å². The number of para-hydroxylation sites is 1. The summed E-state index contributed by atoms with van der Waals surface area (Å²) in [5.41, 5.74) is 0.610. The van der Waals surface area contributed by atoms with Crippen LogP contribution in [0.15, 0.2) is 48.5 Å². The minimum atomic E-state index is -0.450. The van der Waals surface area contributed by atoms with Crippen molar-refractivity contribution < 1.29 is 14.4 Å². The summed E-state index contributed by atoms with van der Waals surface area (Å²) in [5.74, 6) is 1.23.